The van der Waals surface area contributed by atoms with Crippen LogP contribution in [-0.4, -0.2) is 26.9 Å². The molecule has 6 rings (SSSR count). The number of nitrogens with zero attached hydrogens (tertiary/aromatic N) is 2. The molecule has 2 aliphatic rings. The summed E-state index contributed by atoms with van der Waals surface area (Å²) in [5.41, 5.74) is 5.05. The fraction of sp³-hybridized carbons (Fsp3) is 0.120. The highest BCUT2D eigenvalue weighted by atomic mass is 16.1. The second-order valence-corrected chi connectivity index (χ2v) is 7.99. The van der Waals surface area contributed by atoms with E-state index in [0.717, 1.165) is 22.5 Å². The first-order valence-corrected chi connectivity index (χ1v) is 10.3. The van der Waals surface area contributed by atoms with Gasteiger partial charge in [-0.05, 0) is 60.4 Å². The normalized spacial score (nSPS) is 14.3. The van der Waals surface area contributed by atoms with Crippen LogP contribution in [0.25, 0.3) is 22.5 Å². The number of benzene rings is 3. The molecule has 0 bridgehead atoms. The molecule has 6 heteroatoms. The zero-order chi connectivity index (χ0) is 20.9. The number of anilines is 1. The van der Waals surface area contributed by atoms with Crippen LogP contribution in [0.1, 0.15) is 50.9 Å². The molecule has 1 saturated carbocycles. The molecule has 0 saturated heterocycles. The maximum atomic E-state index is 12.8. The van der Waals surface area contributed by atoms with E-state index >= 15 is 0 Å². The van der Waals surface area contributed by atoms with E-state index in [-0.39, 0.29) is 11.7 Å². The Morgan fingerprint density at radius 2 is 1.65 bits per heavy atom. The summed E-state index contributed by atoms with van der Waals surface area (Å²) in [6.45, 7) is 0. The van der Waals surface area contributed by atoms with Crippen molar-refractivity contribution < 1.29 is 9.59 Å². The second kappa shape index (κ2) is 6.74. The Bertz CT molecular complexity index is 1350. The number of H-pyrrole nitrogens is 1. The maximum Gasteiger partial charge on any atom is 0.255 e. The fourth-order valence-corrected chi connectivity index (χ4v) is 4.02. The molecule has 2 N–H and O–H groups in total. The molecule has 3 aromatic carbocycles. The first kappa shape index (κ1) is 17.8. The minimum absolute atomic E-state index is 0.0401. The van der Waals surface area contributed by atoms with Crippen molar-refractivity contribution in [1.29, 1.82) is 0 Å². The van der Waals surface area contributed by atoms with Crippen LogP contribution in [0.15, 0.2) is 66.7 Å². The van der Waals surface area contributed by atoms with Gasteiger partial charge in [-0.25, -0.2) is 4.98 Å². The molecule has 4 aromatic rings. The summed E-state index contributed by atoms with van der Waals surface area (Å²) in [6, 6.07) is 20.2. The van der Waals surface area contributed by atoms with Gasteiger partial charge in [0.05, 0.1) is 0 Å². The molecule has 1 heterocycles. The number of hydrogen-bond donors (Lipinski definition) is 2. The second-order valence-electron chi connectivity index (χ2n) is 7.99. The topological polar surface area (TPSA) is 87.7 Å². The number of nitrogens with one attached hydrogen (secondary N) is 2. The zero-order valence-electron chi connectivity index (χ0n) is 16.6. The van der Waals surface area contributed by atoms with Gasteiger partial charge in [0, 0.05) is 33.9 Å². The molecule has 0 atom stereocenters. The molecule has 6 nitrogen and oxygen atoms in total. The van der Waals surface area contributed by atoms with E-state index in [2.05, 4.69) is 20.5 Å². The van der Waals surface area contributed by atoms with Crippen molar-refractivity contribution in [2.75, 3.05) is 5.32 Å². The molecule has 150 valence electrons. The number of ketones is 1. The van der Waals surface area contributed by atoms with E-state index in [0.29, 0.717) is 34.1 Å². The molecule has 2 aliphatic carbocycles. The van der Waals surface area contributed by atoms with Gasteiger partial charge in [-0.1, -0.05) is 30.3 Å². The van der Waals surface area contributed by atoms with Crippen molar-refractivity contribution in [1.82, 2.24) is 15.2 Å². The van der Waals surface area contributed by atoms with Crippen molar-refractivity contribution in [2.45, 2.75) is 18.8 Å². The van der Waals surface area contributed by atoms with Gasteiger partial charge in [-0.15, -0.1) is 0 Å². The average Bonchev–Trinajstić information content (AvgIpc) is 3.47. The Kier molecular flexibility index (Phi) is 3.86. The lowest BCUT2D eigenvalue weighted by molar-refractivity contribution is 0.102. The van der Waals surface area contributed by atoms with Crippen molar-refractivity contribution in [3.05, 3.63) is 89.2 Å². The van der Waals surface area contributed by atoms with Crippen LogP contribution in [0.3, 0.4) is 0 Å². The summed E-state index contributed by atoms with van der Waals surface area (Å²) in [5, 5.41) is 10.2. The summed E-state index contributed by atoms with van der Waals surface area (Å²) < 4.78 is 0. The SMILES string of the molecule is O=C(Nc1ccc(-c2n[nH]c(C3CC3)n2)cc1)c1ccc2c(c1)C(=O)c1ccccc1-2. The Labute approximate surface area is 178 Å². The van der Waals surface area contributed by atoms with Crippen molar-refractivity contribution in [2.24, 2.45) is 0 Å². The van der Waals surface area contributed by atoms with Gasteiger partial charge >= 0.3 is 0 Å². The molecule has 1 aromatic heterocycles. The van der Waals surface area contributed by atoms with E-state index in [1.54, 1.807) is 12.1 Å². The van der Waals surface area contributed by atoms with Gasteiger partial charge in [-0.3, -0.25) is 14.7 Å². The quantitative estimate of drug-likeness (QED) is 0.448. The van der Waals surface area contributed by atoms with Gasteiger partial charge < -0.3 is 5.32 Å². The smallest absolute Gasteiger partial charge is 0.255 e. The third-order valence-corrected chi connectivity index (χ3v) is 5.86. The van der Waals surface area contributed by atoms with Crippen LogP contribution >= 0.6 is 0 Å². The van der Waals surface area contributed by atoms with Crippen molar-refractivity contribution in [3.63, 3.8) is 0 Å². The van der Waals surface area contributed by atoms with E-state index in [4.69, 9.17) is 0 Å². The summed E-state index contributed by atoms with van der Waals surface area (Å²) in [7, 11) is 0. The third kappa shape index (κ3) is 3.04. The van der Waals surface area contributed by atoms with Crippen LogP contribution in [0, 0.1) is 0 Å². The molecular weight excluding hydrogens is 388 g/mol. The molecule has 1 fully saturated rings. The lowest BCUT2D eigenvalue weighted by Crippen LogP contribution is -2.12. The van der Waals surface area contributed by atoms with Crippen LogP contribution < -0.4 is 5.32 Å². The molecule has 31 heavy (non-hydrogen) atoms. The Morgan fingerprint density at radius 1 is 0.903 bits per heavy atom. The maximum absolute atomic E-state index is 12.8. The molecular formula is C25H18N4O2. The predicted molar refractivity (Wildman–Crippen MR) is 117 cm³/mol. The van der Waals surface area contributed by atoms with Crippen LogP contribution in [0.4, 0.5) is 5.69 Å². The minimum Gasteiger partial charge on any atom is -0.322 e. The Balaban J connectivity index is 1.21. The third-order valence-electron chi connectivity index (χ3n) is 5.86. The number of aromatic nitrogens is 3. The number of carbonyl (C=O) groups excluding carboxylic acids is 2. The average molecular weight is 406 g/mol. The van der Waals surface area contributed by atoms with Crippen LogP contribution in [0.5, 0.6) is 0 Å². The molecule has 0 unspecified atom stereocenters. The van der Waals surface area contributed by atoms with Gasteiger partial charge in [0.25, 0.3) is 5.91 Å². The molecule has 0 spiro atoms. The highest BCUT2D eigenvalue weighted by molar-refractivity contribution is 6.22. The minimum atomic E-state index is -0.256. The molecule has 0 aliphatic heterocycles. The van der Waals surface area contributed by atoms with E-state index in [9.17, 15) is 9.59 Å². The lowest BCUT2D eigenvalue weighted by atomic mass is 10.0. The van der Waals surface area contributed by atoms with Gasteiger partial charge in [0.15, 0.2) is 11.6 Å². The Morgan fingerprint density at radius 3 is 2.42 bits per heavy atom. The van der Waals surface area contributed by atoms with E-state index in [1.807, 2.05) is 54.6 Å². The zero-order valence-corrected chi connectivity index (χ0v) is 16.6. The van der Waals surface area contributed by atoms with Crippen molar-refractivity contribution in [3.8, 4) is 22.5 Å². The largest absolute Gasteiger partial charge is 0.322 e. The number of fused-ring (bicyclic) bond motifs is 3. The first-order valence-electron chi connectivity index (χ1n) is 10.3. The van der Waals surface area contributed by atoms with Gasteiger partial charge in [0.2, 0.25) is 0 Å². The molecule has 0 radical (unpaired) electrons. The van der Waals surface area contributed by atoms with Crippen LogP contribution in [-0.2, 0) is 0 Å². The standard InChI is InChI=1S/C25H18N4O2/c30-22-20-4-2-1-3-18(20)19-12-9-16(13-21(19)22)25(31)26-17-10-7-15(8-11-17)24-27-23(28-29-24)14-5-6-14/h1-4,7-14H,5-6H2,(H,26,31)(H,27,28,29). The number of hydrogen-bond acceptors (Lipinski definition) is 4. The molecule has 1 amide bonds. The first-order chi connectivity index (χ1) is 15.2. The number of carbonyl (C=O) groups is 2. The van der Waals surface area contributed by atoms with Crippen molar-refractivity contribution >= 4 is 17.4 Å². The number of rotatable bonds is 4. The highest BCUT2D eigenvalue weighted by Crippen LogP contribution is 2.38. The van der Waals surface area contributed by atoms with Crippen LogP contribution in [0.2, 0.25) is 0 Å². The number of aromatic amines is 1. The van der Waals surface area contributed by atoms with Gasteiger partial charge in [-0.2, -0.15) is 5.10 Å². The van der Waals surface area contributed by atoms with E-state index < -0.39 is 0 Å². The predicted octanol–water partition coefficient (Wildman–Crippen LogP) is 4.81. The summed E-state index contributed by atoms with van der Waals surface area (Å²) in [4.78, 5) is 30.0. The fourth-order valence-electron chi connectivity index (χ4n) is 4.02. The monoisotopic (exact) mass is 406 g/mol. The number of amides is 1. The summed E-state index contributed by atoms with van der Waals surface area (Å²) in [5.74, 6) is 1.83. The Hall–Kier alpha value is -4.06. The highest BCUT2D eigenvalue weighted by Gasteiger charge is 2.28. The summed E-state index contributed by atoms with van der Waals surface area (Å²) in [6.07, 6.45) is 2.33. The van der Waals surface area contributed by atoms with E-state index in [1.165, 1.54) is 12.8 Å². The summed E-state index contributed by atoms with van der Waals surface area (Å²) >= 11 is 0. The van der Waals surface area contributed by atoms with Gasteiger partial charge in [0.1, 0.15) is 5.82 Å². The lowest BCUT2D eigenvalue weighted by Gasteiger charge is -2.07.